The van der Waals surface area contributed by atoms with Gasteiger partial charge >= 0.3 is 5.97 Å². The highest BCUT2D eigenvalue weighted by Crippen LogP contribution is 2.15. The van der Waals surface area contributed by atoms with Gasteiger partial charge in [0.05, 0.1) is 13.7 Å². The molecule has 1 N–H and O–H groups in total. The zero-order valence-electron chi connectivity index (χ0n) is 9.08. The largest absolute Gasteiger partial charge is 0.468 e. The molecule has 0 aromatic carbocycles. The standard InChI is InChI=1S/C10H19NO3/c1-4-7(2)5-9-11-8(6-14-9)10(12)13-3/h7-9,11H,4-6H2,1-3H3/t7?,8-,9?/m0/s1. The summed E-state index contributed by atoms with van der Waals surface area (Å²) in [6.45, 7) is 4.75. The monoisotopic (exact) mass is 201 g/mol. The van der Waals surface area contributed by atoms with Crippen LogP contribution in [0.15, 0.2) is 0 Å². The van der Waals surface area contributed by atoms with E-state index in [9.17, 15) is 4.79 Å². The van der Waals surface area contributed by atoms with E-state index in [1.807, 2.05) is 0 Å². The van der Waals surface area contributed by atoms with E-state index in [0.717, 1.165) is 12.8 Å². The first kappa shape index (κ1) is 11.5. The molecule has 4 nitrogen and oxygen atoms in total. The third-order valence-corrected chi connectivity index (χ3v) is 2.65. The van der Waals surface area contributed by atoms with Crippen molar-refractivity contribution in [3.8, 4) is 0 Å². The zero-order valence-corrected chi connectivity index (χ0v) is 9.08. The van der Waals surface area contributed by atoms with E-state index in [1.165, 1.54) is 7.11 Å². The van der Waals surface area contributed by atoms with Crippen molar-refractivity contribution in [2.45, 2.75) is 39.0 Å². The van der Waals surface area contributed by atoms with Crippen LogP contribution in [0.1, 0.15) is 26.7 Å². The Morgan fingerprint density at radius 1 is 1.71 bits per heavy atom. The minimum atomic E-state index is -0.283. The molecule has 0 saturated carbocycles. The maximum Gasteiger partial charge on any atom is 0.325 e. The first-order chi connectivity index (χ1) is 6.67. The molecule has 1 heterocycles. The highest BCUT2D eigenvalue weighted by Gasteiger charge is 2.30. The Hall–Kier alpha value is -0.610. The van der Waals surface area contributed by atoms with Crippen molar-refractivity contribution < 1.29 is 14.3 Å². The molecule has 2 unspecified atom stereocenters. The minimum absolute atomic E-state index is 0.00838. The fourth-order valence-corrected chi connectivity index (χ4v) is 1.48. The number of nitrogens with one attached hydrogen (secondary N) is 1. The van der Waals surface area contributed by atoms with Crippen molar-refractivity contribution in [3.63, 3.8) is 0 Å². The number of methoxy groups -OCH3 is 1. The second-order valence-corrected chi connectivity index (χ2v) is 3.81. The third-order valence-electron chi connectivity index (χ3n) is 2.65. The smallest absolute Gasteiger partial charge is 0.325 e. The third kappa shape index (κ3) is 2.96. The lowest BCUT2D eigenvalue weighted by Gasteiger charge is -2.14. The minimum Gasteiger partial charge on any atom is -0.468 e. The molecule has 3 atom stereocenters. The molecule has 1 aliphatic rings. The quantitative estimate of drug-likeness (QED) is 0.687. The lowest BCUT2D eigenvalue weighted by atomic mass is 10.0. The van der Waals surface area contributed by atoms with Gasteiger partial charge in [0.2, 0.25) is 0 Å². The Morgan fingerprint density at radius 3 is 3.00 bits per heavy atom. The van der Waals surface area contributed by atoms with Gasteiger partial charge in [-0.05, 0) is 12.3 Å². The number of ether oxygens (including phenoxy) is 2. The normalized spacial score (nSPS) is 28.8. The molecule has 1 fully saturated rings. The number of rotatable bonds is 4. The fourth-order valence-electron chi connectivity index (χ4n) is 1.48. The first-order valence-electron chi connectivity index (χ1n) is 5.12. The molecule has 1 saturated heterocycles. The lowest BCUT2D eigenvalue weighted by Crippen LogP contribution is -2.38. The summed E-state index contributed by atoms with van der Waals surface area (Å²) in [7, 11) is 1.39. The molecule has 0 amide bonds. The van der Waals surface area contributed by atoms with E-state index >= 15 is 0 Å². The maximum atomic E-state index is 11.2. The van der Waals surface area contributed by atoms with Crippen molar-refractivity contribution in [2.75, 3.05) is 13.7 Å². The number of esters is 1. The molecule has 14 heavy (non-hydrogen) atoms. The Kier molecular flexibility index (Phi) is 4.35. The summed E-state index contributed by atoms with van der Waals surface area (Å²) in [6.07, 6.45) is 2.09. The van der Waals surface area contributed by atoms with Gasteiger partial charge < -0.3 is 9.47 Å². The molecular formula is C10H19NO3. The van der Waals surface area contributed by atoms with Crippen LogP contribution in [0.3, 0.4) is 0 Å². The maximum absolute atomic E-state index is 11.2. The Labute approximate surface area is 85.0 Å². The molecule has 0 spiro atoms. The average molecular weight is 201 g/mol. The highest BCUT2D eigenvalue weighted by molar-refractivity contribution is 5.76. The Balaban J connectivity index is 2.30. The second kappa shape index (κ2) is 5.32. The molecule has 1 rings (SSSR count). The summed E-state index contributed by atoms with van der Waals surface area (Å²) in [5.74, 6) is 0.376. The van der Waals surface area contributed by atoms with Crippen LogP contribution in [-0.2, 0) is 14.3 Å². The highest BCUT2D eigenvalue weighted by atomic mass is 16.5. The molecule has 82 valence electrons. The average Bonchev–Trinajstić information content (AvgIpc) is 2.65. The summed E-state index contributed by atoms with van der Waals surface area (Å²) in [4.78, 5) is 11.2. The van der Waals surface area contributed by atoms with E-state index in [0.29, 0.717) is 12.5 Å². The van der Waals surface area contributed by atoms with Gasteiger partial charge in [0.15, 0.2) is 0 Å². The van der Waals surface area contributed by atoms with Gasteiger partial charge in [0, 0.05) is 0 Å². The molecule has 0 aliphatic carbocycles. The number of hydrogen-bond acceptors (Lipinski definition) is 4. The SMILES string of the molecule is CCC(C)CC1N[C@H](C(=O)OC)CO1. The van der Waals surface area contributed by atoms with E-state index in [4.69, 9.17) is 4.74 Å². The van der Waals surface area contributed by atoms with E-state index in [-0.39, 0.29) is 18.2 Å². The van der Waals surface area contributed by atoms with Gasteiger partial charge in [-0.25, -0.2) is 0 Å². The molecule has 4 heteroatoms. The van der Waals surface area contributed by atoms with E-state index in [2.05, 4.69) is 23.9 Å². The summed E-state index contributed by atoms with van der Waals surface area (Å²) in [5.41, 5.74) is 0. The van der Waals surface area contributed by atoms with Crippen molar-refractivity contribution in [3.05, 3.63) is 0 Å². The molecule has 0 aromatic heterocycles. The lowest BCUT2D eigenvalue weighted by molar-refractivity contribution is -0.142. The zero-order chi connectivity index (χ0) is 10.6. The second-order valence-electron chi connectivity index (χ2n) is 3.81. The molecule has 0 aromatic rings. The molecule has 1 aliphatic heterocycles. The van der Waals surface area contributed by atoms with Crippen molar-refractivity contribution >= 4 is 5.97 Å². The predicted molar refractivity (Wildman–Crippen MR) is 52.8 cm³/mol. The van der Waals surface area contributed by atoms with Crippen molar-refractivity contribution in [2.24, 2.45) is 5.92 Å². The first-order valence-corrected chi connectivity index (χ1v) is 5.12. The van der Waals surface area contributed by atoms with Gasteiger partial charge in [-0.15, -0.1) is 0 Å². The number of carbonyl (C=O) groups excluding carboxylic acids is 1. The van der Waals surface area contributed by atoms with Crippen LogP contribution in [-0.4, -0.2) is 32.0 Å². The van der Waals surface area contributed by atoms with Crippen LogP contribution in [0, 0.1) is 5.92 Å². The van der Waals surface area contributed by atoms with E-state index < -0.39 is 0 Å². The van der Waals surface area contributed by atoms with Crippen LogP contribution in [0.2, 0.25) is 0 Å². The number of hydrogen-bond donors (Lipinski definition) is 1. The van der Waals surface area contributed by atoms with Gasteiger partial charge in [-0.1, -0.05) is 20.3 Å². The molecule has 0 radical (unpaired) electrons. The summed E-state index contributed by atoms with van der Waals surface area (Å²) in [5, 5.41) is 3.11. The van der Waals surface area contributed by atoms with Gasteiger partial charge in [-0.3, -0.25) is 10.1 Å². The fraction of sp³-hybridized carbons (Fsp3) is 0.900. The van der Waals surface area contributed by atoms with Gasteiger partial charge in [0.25, 0.3) is 0 Å². The summed E-state index contributed by atoms with van der Waals surface area (Å²) >= 11 is 0. The van der Waals surface area contributed by atoms with E-state index in [1.54, 1.807) is 0 Å². The van der Waals surface area contributed by atoms with Crippen molar-refractivity contribution in [1.29, 1.82) is 0 Å². The molecular weight excluding hydrogens is 182 g/mol. The van der Waals surface area contributed by atoms with Crippen LogP contribution >= 0.6 is 0 Å². The number of carbonyl (C=O) groups is 1. The van der Waals surface area contributed by atoms with Crippen molar-refractivity contribution in [1.82, 2.24) is 5.32 Å². The Morgan fingerprint density at radius 2 is 2.43 bits per heavy atom. The summed E-state index contributed by atoms with van der Waals surface area (Å²) in [6, 6.07) is -0.283. The molecule has 0 bridgehead atoms. The summed E-state index contributed by atoms with van der Waals surface area (Å²) < 4.78 is 10.1. The van der Waals surface area contributed by atoms with Gasteiger partial charge in [0.1, 0.15) is 12.3 Å². The van der Waals surface area contributed by atoms with Crippen LogP contribution in [0.5, 0.6) is 0 Å². The van der Waals surface area contributed by atoms with Gasteiger partial charge in [-0.2, -0.15) is 0 Å². The predicted octanol–water partition coefficient (Wildman–Crippen LogP) is 0.910. The van der Waals surface area contributed by atoms with Crippen LogP contribution < -0.4 is 5.32 Å². The van der Waals surface area contributed by atoms with Crippen LogP contribution in [0.4, 0.5) is 0 Å². The van der Waals surface area contributed by atoms with Crippen LogP contribution in [0.25, 0.3) is 0 Å². The topological polar surface area (TPSA) is 47.6 Å². The Bertz CT molecular complexity index is 196.